The zero-order valence-electron chi connectivity index (χ0n) is 4.29. The fraction of sp³-hybridized carbons (Fsp3) is 0. The molecule has 0 aromatic carbocycles. The zero-order chi connectivity index (χ0) is 5.40. The van der Waals surface area contributed by atoms with Gasteiger partial charge in [0.15, 0.2) is 5.00 Å². The Morgan fingerprint density at radius 3 is 3.38 bits per heavy atom. The number of hydrogen-bond donors (Lipinski definition) is 1. The SMILES string of the molecule is C1=Cc2ccsc2[NH2+]1. The van der Waals surface area contributed by atoms with Crippen LogP contribution in [0.4, 0.5) is 5.00 Å². The van der Waals surface area contributed by atoms with Crippen molar-refractivity contribution in [2.45, 2.75) is 0 Å². The van der Waals surface area contributed by atoms with Crippen molar-refractivity contribution in [2.75, 3.05) is 0 Å². The van der Waals surface area contributed by atoms with Crippen molar-refractivity contribution in [1.82, 2.24) is 0 Å². The molecule has 1 aromatic heterocycles. The van der Waals surface area contributed by atoms with E-state index in [-0.39, 0.29) is 0 Å². The van der Waals surface area contributed by atoms with Gasteiger partial charge in [0.2, 0.25) is 0 Å². The molecule has 0 amide bonds. The molecule has 1 aliphatic rings. The summed E-state index contributed by atoms with van der Waals surface area (Å²) in [6.45, 7) is 0. The molecule has 0 fully saturated rings. The summed E-state index contributed by atoms with van der Waals surface area (Å²) in [5.41, 5.74) is 1.37. The second-order valence-electron chi connectivity index (χ2n) is 1.77. The molecule has 40 valence electrons. The number of thiophene rings is 1. The summed E-state index contributed by atoms with van der Waals surface area (Å²) < 4.78 is 0. The van der Waals surface area contributed by atoms with Gasteiger partial charge in [-0.05, 0) is 11.4 Å². The predicted octanol–water partition coefficient (Wildman–Crippen LogP) is 0.927. The summed E-state index contributed by atoms with van der Waals surface area (Å²) in [5.74, 6) is 0. The van der Waals surface area contributed by atoms with Gasteiger partial charge < -0.3 is 0 Å². The predicted molar refractivity (Wildman–Crippen MR) is 34.9 cm³/mol. The minimum Gasteiger partial charge on any atom is -0.278 e. The highest BCUT2D eigenvalue weighted by atomic mass is 32.1. The maximum atomic E-state index is 2.14. The molecule has 2 rings (SSSR count). The second kappa shape index (κ2) is 1.44. The van der Waals surface area contributed by atoms with Crippen LogP contribution in [0.5, 0.6) is 0 Å². The Morgan fingerprint density at radius 2 is 2.50 bits per heavy atom. The van der Waals surface area contributed by atoms with Crippen molar-refractivity contribution < 1.29 is 5.32 Å². The second-order valence-corrected chi connectivity index (χ2v) is 2.71. The lowest BCUT2D eigenvalue weighted by Crippen LogP contribution is -2.68. The fourth-order valence-corrected chi connectivity index (χ4v) is 1.63. The molecule has 0 aliphatic carbocycles. The van der Waals surface area contributed by atoms with Gasteiger partial charge in [-0.15, -0.1) is 0 Å². The van der Waals surface area contributed by atoms with Crippen molar-refractivity contribution in [3.63, 3.8) is 0 Å². The van der Waals surface area contributed by atoms with Crippen LogP contribution in [-0.2, 0) is 0 Å². The lowest BCUT2D eigenvalue weighted by atomic mass is 10.3. The van der Waals surface area contributed by atoms with E-state index >= 15 is 0 Å². The Hall–Kier alpha value is -0.600. The summed E-state index contributed by atoms with van der Waals surface area (Å²) in [6.07, 6.45) is 4.22. The van der Waals surface area contributed by atoms with E-state index in [9.17, 15) is 0 Å². The molecule has 1 nitrogen and oxygen atoms in total. The van der Waals surface area contributed by atoms with Gasteiger partial charge in [-0.25, -0.2) is 0 Å². The Morgan fingerprint density at radius 1 is 1.50 bits per heavy atom. The smallest absolute Gasteiger partial charge is 0.197 e. The monoisotopic (exact) mass is 124 g/mol. The molecule has 0 spiro atoms. The topological polar surface area (TPSA) is 16.6 Å². The quantitative estimate of drug-likeness (QED) is 0.530. The molecule has 2 heteroatoms. The first-order valence-electron chi connectivity index (χ1n) is 2.56. The van der Waals surface area contributed by atoms with Gasteiger partial charge in [0, 0.05) is 6.08 Å². The van der Waals surface area contributed by atoms with Crippen LogP contribution in [0.25, 0.3) is 6.08 Å². The molecule has 2 N–H and O–H groups in total. The zero-order valence-corrected chi connectivity index (χ0v) is 5.11. The molecule has 0 saturated carbocycles. The average Bonchev–Trinajstić information content (AvgIpc) is 2.15. The Balaban J connectivity index is 2.67. The Labute approximate surface area is 51.7 Å². The molecule has 0 atom stereocenters. The van der Waals surface area contributed by atoms with E-state index < -0.39 is 0 Å². The number of quaternary nitrogens is 1. The lowest BCUT2D eigenvalue weighted by Gasteiger charge is -1.77. The van der Waals surface area contributed by atoms with Crippen LogP contribution < -0.4 is 5.32 Å². The highest BCUT2D eigenvalue weighted by Crippen LogP contribution is 2.21. The first-order valence-corrected chi connectivity index (χ1v) is 3.44. The van der Waals surface area contributed by atoms with Gasteiger partial charge >= 0.3 is 0 Å². The van der Waals surface area contributed by atoms with Gasteiger partial charge in [0.25, 0.3) is 0 Å². The van der Waals surface area contributed by atoms with Crippen LogP contribution in [0.3, 0.4) is 0 Å². The van der Waals surface area contributed by atoms with Gasteiger partial charge in [-0.2, -0.15) is 0 Å². The molecule has 1 aromatic rings. The van der Waals surface area contributed by atoms with Crippen LogP contribution in [0.15, 0.2) is 17.6 Å². The van der Waals surface area contributed by atoms with Crippen molar-refractivity contribution in [2.24, 2.45) is 0 Å². The number of hydrogen-bond acceptors (Lipinski definition) is 1. The van der Waals surface area contributed by atoms with Crippen LogP contribution >= 0.6 is 11.3 Å². The van der Waals surface area contributed by atoms with E-state index in [1.54, 1.807) is 11.3 Å². The minimum absolute atomic E-state index is 1.37. The van der Waals surface area contributed by atoms with Crippen LogP contribution in [-0.4, -0.2) is 0 Å². The molecule has 2 heterocycles. The minimum atomic E-state index is 1.37. The third-order valence-electron chi connectivity index (χ3n) is 1.25. The van der Waals surface area contributed by atoms with Crippen molar-refractivity contribution in [3.8, 4) is 0 Å². The molecular formula is C6H6NS+. The van der Waals surface area contributed by atoms with Crippen LogP contribution in [0.1, 0.15) is 5.56 Å². The summed E-state index contributed by atoms with van der Waals surface area (Å²) in [5, 5.41) is 5.65. The van der Waals surface area contributed by atoms with Crippen LogP contribution in [0, 0.1) is 0 Å². The van der Waals surface area contributed by atoms with Gasteiger partial charge in [0.05, 0.1) is 11.8 Å². The standard InChI is InChI=1S/C6H5NS/c1-3-7-6-5(1)2-4-8-6/h1-4,7H/p+1. The Kier molecular flexibility index (Phi) is 0.771. The molecule has 0 unspecified atom stereocenters. The molecule has 0 saturated heterocycles. The van der Waals surface area contributed by atoms with E-state index in [4.69, 9.17) is 0 Å². The molecular weight excluding hydrogens is 118 g/mol. The highest BCUT2D eigenvalue weighted by Gasteiger charge is 2.08. The van der Waals surface area contributed by atoms with E-state index in [0.29, 0.717) is 0 Å². The maximum Gasteiger partial charge on any atom is 0.197 e. The number of fused-ring (bicyclic) bond motifs is 1. The van der Waals surface area contributed by atoms with Gasteiger partial charge in [0.1, 0.15) is 0 Å². The van der Waals surface area contributed by atoms with E-state index in [1.165, 1.54) is 10.6 Å². The van der Waals surface area contributed by atoms with E-state index in [2.05, 4.69) is 29.0 Å². The summed E-state index contributed by atoms with van der Waals surface area (Å²) in [4.78, 5) is 0. The molecule has 8 heavy (non-hydrogen) atoms. The van der Waals surface area contributed by atoms with Crippen LogP contribution in [0.2, 0.25) is 0 Å². The molecule has 0 radical (unpaired) electrons. The van der Waals surface area contributed by atoms with Gasteiger partial charge in [-0.1, -0.05) is 11.3 Å². The average molecular weight is 124 g/mol. The van der Waals surface area contributed by atoms with Crippen molar-refractivity contribution in [1.29, 1.82) is 0 Å². The molecule has 0 bridgehead atoms. The number of nitrogens with two attached hydrogens (primary N) is 1. The summed E-state index contributed by atoms with van der Waals surface area (Å²) >= 11 is 1.79. The van der Waals surface area contributed by atoms with E-state index in [1.807, 2.05) is 0 Å². The highest BCUT2D eigenvalue weighted by molar-refractivity contribution is 7.13. The third-order valence-corrected chi connectivity index (χ3v) is 2.15. The largest absolute Gasteiger partial charge is 0.278 e. The first kappa shape index (κ1) is 4.30. The van der Waals surface area contributed by atoms with Crippen molar-refractivity contribution >= 4 is 22.4 Å². The third kappa shape index (κ3) is 0.441. The maximum absolute atomic E-state index is 2.14. The fourth-order valence-electron chi connectivity index (χ4n) is 0.843. The number of rotatable bonds is 0. The molecule has 1 aliphatic heterocycles. The summed E-state index contributed by atoms with van der Waals surface area (Å²) in [7, 11) is 0. The van der Waals surface area contributed by atoms with Crippen molar-refractivity contribution in [3.05, 3.63) is 23.2 Å². The first-order chi connectivity index (χ1) is 3.97. The van der Waals surface area contributed by atoms with E-state index in [0.717, 1.165) is 0 Å². The lowest BCUT2D eigenvalue weighted by molar-refractivity contribution is -0.487. The summed E-state index contributed by atoms with van der Waals surface area (Å²) in [6, 6.07) is 2.14. The van der Waals surface area contributed by atoms with Gasteiger partial charge in [-0.3, -0.25) is 5.32 Å². The Bertz CT molecular complexity index is 224. The normalized spacial score (nSPS) is 14.5.